The van der Waals surface area contributed by atoms with Crippen LogP contribution in [-0.2, 0) is 10.2 Å². The number of hydrogen-bond acceptors (Lipinski definition) is 2. The Morgan fingerprint density at radius 2 is 2.06 bits per heavy atom. The average Bonchev–Trinajstić information content (AvgIpc) is 2.24. The molecule has 1 heterocycles. The number of nitrogens with one attached hydrogen (secondary N) is 1. The van der Waals surface area contributed by atoms with Crippen LogP contribution in [0.4, 0.5) is 0 Å². The molecule has 0 amide bonds. The van der Waals surface area contributed by atoms with Crippen LogP contribution in [0, 0.1) is 0 Å². The summed E-state index contributed by atoms with van der Waals surface area (Å²) in [5.74, 6) is 0. The highest BCUT2D eigenvalue weighted by Crippen LogP contribution is 2.35. The Hall–Kier alpha value is 0.350. The molecule has 0 aromatic rings. The molecule has 0 radical (unpaired) electrons. The van der Waals surface area contributed by atoms with Crippen molar-refractivity contribution in [2.45, 2.75) is 57.0 Å². The molecule has 1 atom stereocenters. The van der Waals surface area contributed by atoms with Crippen LogP contribution in [0.15, 0.2) is 0 Å². The van der Waals surface area contributed by atoms with E-state index in [1.807, 2.05) is 6.92 Å². The Labute approximate surface area is 112 Å². The fourth-order valence-corrected chi connectivity index (χ4v) is 5.40. The van der Waals surface area contributed by atoms with E-state index in [9.17, 15) is 8.42 Å². The van der Waals surface area contributed by atoms with Gasteiger partial charge in [-0.05, 0) is 39.0 Å². The minimum absolute atomic E-state index is 0.133. The van der Waals surface area contributed by atoms with Gasteiger partial charge in [0.1, 0.15) is 0 Å². The van der Waals surface area contributed by atoms with Gasteiger partial charge in [-0.2, -0.15) is 17.4 Å². The Bertz CT molecular complexity index is 362. The van der Waals surface area contributed by atoms with E-state index in [0.29, 0.717) is 11.9 Å². The maximum absolute atomic E-state index is 12.4. The zero-order valence-corrected chi connectivity index (χ0v) is 12.7. The van der Waals surface area contributed by atoms with Crippen molar-refractivity contribution in [3.05, 3.63) is 0 Å². The third-order valence-corrected chi connectivity index (χ3v) is 6.89. The van der Waals surface area contributed by atoms with Crippen molar-refractivity contribution in [1.29, 1.82) is 0 Å². The van der Waals surface area contributed by atoms with E-state index in [-0.39, 0.29) is 11.6 Å². The van der Waals surface area contributed by atoms with Crippen LogP contribution in [0.25, 0.3) is 0 Å². The molecule has 2 rings (SSSR count). The Balaban J connectivity index is 2.07. The summed E-state index contributed by atoms with van der Waals surface area (Å²) in [4.78, 5) is 0. The monoisotopic (exact) mass is 324 g/mol. The Morgan fingerprint density at radius 1 is 1.35 bits per heavy atom. The van der Waals surface area contributed by atoms with Gasteiger partial charge in [0, 0.05) is 23.5 Å². The SMILES string of the molecule is CC1CCCCN1S(=O)(=O)NC1(CBr)CCC1. The molecular weight excluding hydrogens is 304 g/mol. The van der Waals surface area contributed by atoms with Gasteiger partial charge >= 0.3 is 0 Å². The maximum atomic E-state index is 12.4. The number of hydrogen-bond donors (Lipinski definition) is 1. The van der Waals surface area contributed by atoms with E-state index in [2.05, 4.69) is 20.7 Å². The molecule has 0 aromatic carbocycles. The molecule has 1 saturated heterocycles. The Kier molecular flexibility index (Phi) is 4.17. The van der Waals surface area contributed by atoms with E-state index in [0.717, 1.165) is 38.5 Å². The van der Waals surface area contributed by atoms with Gasteiger partial charge in [-0.3, -0.25) is 0 Å². The van der Waals surface area contributed by atoms with Gasteiger partial charge in [0.25, 0.3) is 10.2 Å². The highest BCUT2D eigenvalue weighted by Gasteiger charge is 2.42. The van der Waals surface area contributed by atoms with E-state index in [1.54, 1.807) is 4.31 Å². The topological polar surface area (TPSA) is 49.4 Å². The molecule has 100 valence electrons. The van der Waals surface area contributed by atoms with Crippen molar-refractivity contribution in [2.24, 2.45) is 0 Å². The minimum atomic E-state index is -3.31. The molecule has 0 spiro atoms. The molecular formula is C11H21BrN2O2S. The highest BCUT2D eigenvalue weighted by molar-refractivity contribution is 9.09. The lowest BCUT2D eigenvalue weighted by Crippen LogP contribution is -2.60. The van der Waals surface area contributed by atoms with E-state index < -0.39 is 10.2 Å². The van der Waals surface area contributed by atoms with E-state index in [4.69, 9.17) is 0 Å². The number of piperidine rings is 1. The van der Waals surface area contributed by atoms with Crippen LogP contribution < -0.4 is 4.72 Å². The van der Waals surface area contributed by atoms with Crippen molar-refractivity contribution >= 4 is 26.1 Å². The van der Waals surface area contributed by atoms with Gasteiger partial charge in [-0.1, -0.05) is 22.4 Å². The van der Waals surface area contributed by atoms with Gasteiger partial charge in [-0.15, -0.1) is 0 Å². The summed E-state index contributed by atoms with van der Waals surface area (Å²) in [5, 5.41) is 0.710. The molecule has 4 nitrogen and oxygen atoms in total. The van der Waals surface area contributed by atoms with E-state index >= 15 is 0 Å². The van der Waals surface area contributed by atoms with Crippen LogP contribution in [0.5, 0.6) is 0 Å². The fraction of sp³-hybridized carbons (Fsp3) is 1.00. The lowest BCUT2D eigenvalue weighted by molar-refractivity contribution is 0.227. The zero-order chi connectivity index (χ0) is 12.5. The van der Waals surface area contributed by atoms with Gasteiger partial charge < -0.3 is 0 Å². The van der Waals surface area contributed by atoms with Crippen molar-refractivity contribution < 1.29 is 8.42 Å². The quantitative estimate of drug-likeness (QED) is 0.804. The lowest BCUT2D eigenvalue weighted by atomic mass is 9.80. The van der Waals surface area contributed by atoms with E-state index in [1.165, 1.54) is 0 Å². The van der Waals surface area contributed by atoms with Crippen LogP contribution in [0.1, 0.15) is 45.4 Å². The highest BCUT2D eigenvalue weighted by atomic mass is 79.9. The second kappa shape index (κ2) is 5.15. The maximum Gasteiger partial charge on any atom is 0.280 e. The summed E-state index contributed by atoms with van der Waals surface area (Å²) in [6, 6.07) is 0.133. The molecule has 2 aliphatic rings. The first kappa shape index (κ1) is 13.8. The molecule has 6 heteroatoms. The summed E-state index contributed by atoms with van der Waals surface area (Å²) >= 11 is 3.43. The second-order valence-electron chi connectivity index (χ2n) is 5.33. The van der Waals surface area contributed by atoms with Crippen LogP contribution >= 0.6 is 15.9 Å². The summed E-state index contributed by atoms with van der Waals surface area (Å²) in [5.41, 5.74) is -0.226. The molecule has 1 unspecified atom stereocenters. The third kappa shape index (κ3) is 2.85. The summed E-state index contributed by atoms with van der Waals surface area (Å²) < 4.78 is 29.3. The fourth-order valence-electron chi connectivity index (χ4n) is 2.63. The first-order valence-corrected chi connectivity index (χ1v) is 8.92. The van der Waals surface area contributed by atoms with Gasteiger partial charge in [0.05, 0.1) is 0 Å². The summed E-state index contributed by atoms with van der Waals surface area (Å²) in [7, 11) is -3.31. The van der Waals surface area contributed by atoms with Crippen LogP contribution in [-0.4, -0.2) is 36.2 Å². The number of alkyl halides is 1. The molecule has 0 aromatic heterocycles. The van der Waals surface area contributed by atoms with Gasteiger partial charge in [0.15, 0.2) is 0 Å². The van der Waals surface area contributed by atoms with Gasteiger partial charge in [-0.25, -0.2) is 0 Å². The molecule has 1 saturated carbocycles. The first-order valence-electron chi connectivity index (χ1n) is 6.36. The summed E-state index contributed by atoms with van der Waals surface area (Å²) in [6.07, 6.45) is 6.09. The number of halogens is 1. The molecule has 1 aliphatic heterocycles. The second-order valence-corrected chi connectivity index (χ2v) is 7.51. The average molecular weight is 325 g/mol. The lowest BCUT2D eigenvalue weighted by Gasteiger charge is -2.43. The van der Waals surface area contributed by atoms with Crippen molar-refractivity contribution in [1.82, 2.24) is 9.03 Å². The molecule has 0 bridgehead atoms. The first-order chi connectivity index (χ1) is 7.99. The third-order valence-electron chi connectivity index (χ3n) is 3.96. The minimum Gasteiger partial charge on any atom is -0.195 e. The van der Waals surface area contributed by atoms with Crippen LogP contribution in [0.2, 0.25) is 0 Å². The normalized spacial score (nSPS) is 29.9. The number of rotatable bonds is 4. The number of nitrogens with zero attached hydrogens (tertiary/aromatic N) is 1. The van der Waals surface area contributed by atoms with Crippen molar-refractivity contribution in [3.8, 4) is 0 Å². The van der Waals surface area contributed by atoms with Crippen molar-refractivity contribution in [3.63, 3.8) is 0 Å². The van der Waals surface area contributed by atoms with Crippen LogP contribution in [0.3, 0.4) is 0 Å². The predicted octanol–water partition coefficient (Wildman–Crippen LogP) is 2.01. The molecule has 1 N–H and O–H groups in total. The Morgan fingerprint density at radius 3 is 2.53 bits per heavy atom. The standard InChI is InChI=1S/C11H21BrN2O2S/c1-10-5-2-3-8-14(10)17(15,16)13-11(9-12)6-4-7-11/h10,13H,2-9H2,1H3. The predicted molar refractivity (Wildman–Crippen MR) is 72.5 cm³/mol. The molecule has 17 heavy (non-hydrogen) atoms. The van der Waals surface area contributed by atoms with Gasteiger partial charge in [0.2, 0.25) is 0 Å². The van der Waals surface area contributed by atoms with Crippen molar-refractivity contribution in [2.75, 3.05) is 11.9 Å². The molecule has 2 fully saturated rings. The largest absolute Gasteiger partial charge is 0.280 e. The smallest absolute Gasteiger partial charge is 0.195 e. The zero-order valence-electron chi connectivity index (χ0n) is 10.3. The molecule has 1 aliphatic carbocycles. The summed E-state index contributed by atoms with van der Waals surface area (Å²) in [6.45, 7) is 2.66.